The van der Waals surface area contributed by atoms with Gasteiger partial charge in [0.1, 0.15) is 5.82 Å². The quantitative estimate of drug-likeness (QED) is 0.744. The minimum atomic E-state index is -0.103. The van der Waals surface area contributed by atoms with E-state index >= 15 is 0 Å². The highest BCUT2D eigenvalue weighted by atomic mass is 79.9. The van der Waals surface area contributed by atoms with Crippen molar-refractivity contribution in [3.63, 3.8) is 0 Å². The van der Waals surface area contributed by atoms with Crippen LogP contribution in [-0.4, -0.2) is 12.1 Å². The van der Waals surface area contributed by atoms with Gasteiger partial charge in [0.05, 0.1) is 0 Å². The standard InChI is InChI=1S/C14H19BrFN/c1-3-11-8-7-10(2)17(11)14-6-4-5-13(16)12(14)9-15/h4-6,10-11H,3,7-9H2,1-2H3. The minimum Gasteiger partial charge on any atom is -0.366 e. The van der Waals surface area contributed by atoms with Crippen LogP contribution in [0.25, 0.3) is 0 Å². The Kier molecular flexibility index (Phi) is 4.08. The average Bonchev–Trinajstić information content (AvgIpc) is 2.70. The van der Waals surface area contributed by atoms with Crippen molar-refractivity contribution < 1.29 is 4.39 Å². The van der Waals surface area contributed by atoms with Gasteiger partial charge >= 0.3 is 0 Å². The lowest BCUT2D eigenvalue weighted by Gasteiger charge is -2.32. The van der Waals surface area contributed by atoms with Crippen LogP contribution in [0.2, 0.25) is 0 Å². The van der Waals surface area contributed by atoms with Gasteiger partial charge in [-0.3, -0.25) is 0 Å². The van der Waals surface area contributed by atoms with Gasteiger partial charge in [-0.15, -0.1) is 0 Å². The van der Waals surface area contributed by atoms with Crippen molar-refractivity contribution in [2.45, 2.75) is 50.5 Å². The van der Waals surface area contributed by atoms with E-state index in [0.29, 0.717) is 17.4 Å². The normalized spacial score (nSPS) is 24.4. The van der Waals surface area contributed by atoms with Crippen molar-refractivity contribution >= 4 is 21.6 Å². The zero-order valence-corrected chi connectivity index (χ0v) is 12.0. The van der Waals surface area contributed by atoms with Crippen molar-refractivity contribution in [1.29, 1.82) is 0 Å². The fraction of sp³-hybridized carbons (Fsp3) is 0.571. The number of benzene rings is 1. The first-order chi connectivity index (χ1) is 8.19. The number of hydrogen-bond acceptors (Lipinski definition) is 1. The monoisotopic (exact) mass is 299 g/mol. The van der Waals surface area contributed by atoms with E-state index in [-0.39, 0.29) is 5.82 Å². The summed E-state index contributed by atoms with van der Waals surface area (Å²) in [5, 5.41) is 0.578. The number of halogens is 2. The topological polar surface area (TPSA) is 3.24 Å². The smallest absolute Gasteiger partial charge is 0.129 e. The molecule has 94 valence electrons. The fourth-order valence-electron chi connectivity index (χ4n) is 2.83. The molecular formula is C14H19BrFN. The Hall–Kier alpha value is -0.570. The summed E-state index contributed by atoms with van der Waals surface area (Å²) in [7, 11) is 0. The van der Waals surface area contributed by atoms with E-state index in [4.69, 9.17) is 0 Å². The fourth-order valence-corrected chi connectivity index (χ4v) is 3.38. The second kappa shape index (κ2) is 5.38. The molecule has 2 atom stereocenters. The van der Waals surface area contributed by atoms with Crippen molar-refractivity contribution in [3.05, 3.63) is 29.6 Å². The molecular weight excluding hydrogens is 281 g/mol. The maximum Gasteiger partial charge on any atom is 0.129 e. The van der Waals surface area contributed by atoms with Gasteiger partial charge < -0.3 is 4.90 Å². The molecule has 1 aliphatic rings. The third-order valence-corrected chi connectivity index (χ3v) is 4.32. The summed E-state index contributed by atoms with van der Waals surface area (Å²) < 4.78 is 13.8. The molecule has 2 unspecified atom stereocenters. The van der Waals surface area contributed by atoms with Crippen LogP contribution in [0.4, 0.5) is 10.1 Å². The Labute approximate surface area is 111 Å². The van der Waals surface area contributed by atoms with Crippen LogP contribution >= 0.6 is 15.9 Å². The molecule has 1 aliphatic heterocycles. The summed E-state index contributed by atoms with van der Waals surface area (Å²) in [4.78, 5) is 2.40. The van der Waals surface area contributed by atoms with E-state index in [1.54, 1.807) is 6.07 Å². The Morgan fingerprint density at radius 2 is 2.18 bits per heavy atom. The van der Waals surface area contributed by atoms with E-state index in [1.807, 2.05) is 12.1 Å². The van der Waals surface area contributed by atoms with Crippen LogP contribution in [-0.2, 0) is 5.33 Å². The molecule has 17 heavy (non-hydrogen) atoms. The molecule has 0 saturated carbocycles. The van der Waals surface area contributed by atoms with E-state index in [9.17, 15) is 4.39 Å². The summed E-state index contributed by atoms with van der Waals surface area (Å²) in [6, 6.07) is 6.48. The van der Waals surface area contributed by atoms with E-state index in [0.717, 1.165) is 17.7 Å². The van der Waals surface area contributed by atoms with Gasteiger partial charge in [-0.2, -0.15) is 0 Å². The van der Waals surface area contributed by atoms with E-state index in [1.165, 1.54) is 12.8 Å². The van der Waals surface area contributed by atoms with Gasteiger partial charge in [-0.25, -0.2) is 4.39 Å². The lowest BCUT2D eigenvalue weighted by atomic mass is 10.1. The molecule has 3 heteroatoms. The highest BCUT2D eigenvalue weighted by molar-refractivity contribution is 9.08. The molecule has 0 radical (unpaired) electrons. The number of hydrogen-bond donors (Lipinski definition) is 0. The maximum absolute atomic E-state index is 13.8. The predicted octanol–water partition coefficient (Wildman–Crippen LogP) is 4.49. The van der Waals surface area contributed by atoms with Gasteiger partial charge in [-0.05, 0) is 38.3 Å². The molecule has 0 spiro atoms. The van der Waals surface area contributed by atoms with E-state index < -0.39 is 0 Å². The maximum atomic E-state index is 13.8. The number of nitrogens with zero attached hydrogens (tertiary/aromatic N) is 1. The third kappa shape index (κ3) is 2.35. The molecule has 1 aromatic rings. The summed E-state index contributed by atoms with van der Waals surface area (Å²) in [5.41, 5.74) is 1.86. The first-order valence-electron chi connectivity index (χ1n) is 6.30. The zero-order valence-electron chi connectivity index (χ0n) is 10.4. The molecule has 0 amide bonds. The molecule has 1 heterocycles. The van der Waals surface area contributed by atoms with Crippen LogP contribution < -0.4 is 4.90 Å². The lowest BCUT2D eigenvalue weighted by molar-refractivity contribution is 0.601. The number of anilines is 1. The minimum absolute atomic E-state index is 0.103. The van der Waals surface area contributed by atoms with Crippen LogP contribution in [0.15, 0.2) is 18.2 Å². The highest BCUT2D eigenvalue weighted by Crippen LogP contribution is 2.35. The summed E-state index contributed by atoms with van der Waals surface area (Å²) in [6.07, 6.45) is 3.55. The summed E-state index contributed by atoms with van der Waals surface area (Å²) in [6.45, 7) is 4.45. The van der Waals surface area contributed by atoms with Gasteiger partial charge in [0.2, 0.25) is 0 Å². The van der Waals surface area contributed by atoms with Gasteiger partial charge in [0.15, 0.2) is 0 Å². The van der Waals surface area contributed by atoms with Crippen molar-refractivity contribution in [2.75, 3.05) is 4.90 Å². The van der Waals surface area contributed by atoms with Crippen LogP contribution in [0, 0.1) is 5.82 Å². The highest BCUT2D eigenvalue weighted by Gasteiger charge is 2.31. The second-order valence-corrected chi connectivity index (χ2v) is 5.33. The summed E-state index contributed by atoms with van der Waals surface area (Å²) >= 11 is 3.40. The first-order valence-corrected chi connectivity index (χ1v) is 7.42. The Morgan fingerprint density at radius 3 is 2.82 bits per heavy atom. The van der Waals surface area contributed by atoms with E-state index in [2.05, 4.69) is 34.7 Å². The van der Waals surface area contributed by atoms with Gasteiger partial charge in [0, 0.05) is 28.7 Å². The largest absolute Gasteiger partial charge is 0.366 e. The van der Waals surface area contributed by atoms with Crippen LogP contribution in [0.3, 0.4) is 0 Å². The molecule has 0 aromatic heterocycles. The number of rotatable bonds is 3. The van der Waals surface area contributed by atoms with Crippen LogP contribution in [0.1, 0.15) is 38.7 Å². The Balaban J connectivity index is 2.41. The molecule has 1 nitrogen and oxygen atoms in total. The van der Waals surface area contributed by atoms with Crippen molar-refractivity contribution in [2.24, 2.45) is 0 Å². The average molecular weight is 300 g/mol. The third-order valence-electron chi connectivity index (χ3n) is 3.76. The number of alkyl halides is 1. The molecule has 1 aromatic carbocycles. The predicted molar refractivity (Wildman–Crippen MR) is 74.3 cm³/mol. The molecule has 1 saturated heterocycles. The SMILES string of the molecule is CCC1CCC(C)N1c1cccc(F)c1CBr. The summed E-state index contributed by atoms with van der Waals surface area (Å²) in [5.74, 6) is -0.103. The zero-order chi connectivity index (χ0) is 12.4. The molecule has 0 bridgehead atoms. The molecule has 0 aliphatic carbocycles. The molecule has 1 fully saturated rings. The molecule has 2 rings (SSSR count). The Bertz CT molecular complexity index is 394. The van der Waals surface area contributed by atoms with Crippen LogP contribution in [0.5, 0.6) is 0 Å². The lowest BCUT2D eigenvalue weighted by Crippen LogP contribution is -2.34. The second-order valence-electron chi connectivity index (χ2n) is 4.77. The van der Waals surface area contributed by atoms with Crippen molar-refractivity contribution in [1.82, 2.24) is 0 Å². The van der Waals surface area contributed by atoms with Gasteiger partial charge in [0.25, 0.3) is 0 Å². The van der Waals surface area contributed by atoms with Gasteiger partial charge in [-0.1, -0.05) is 28.9 Å². The van der Waals surface area contributed by atoms with Crippen molar-refractivity contribution in [3.8, 4) is 0 Å². The Morgan fingerprint density at radius 1 is 1.41 bits per heavy atom. The molecule has 0 N–H and O–H groups in total. The first kappa shape index (κ1) is 12.9.